The zero-order valence-electron chi connectivity index (χ0n) is 13.0. The van der Waals surface area contributed by atoms with Gasteiger partial charge in [0.25, 0.3) is 0 Å². The molecule has 0 aromatic heterocycles. The number of hydrogen-bond acceptors (Lipinski definition) is 2. The molecule has 4 heteroatoms. The van der Waals surface area contributed by atoms with Gasteiger partial charge in [0.2, 0.25) is 0 Å². The van der Waals surface area contributed by atoms with Gasteiger partial charge in [0, 0.05) is 18.6 Å². The van der Waals surface area contributed by atoms with Gasteiger partial charge in [0.05, 0.1) is 11.7 Å². The van der Waals surface area contributed by atoms with Crippen molar-refractivity contribution in [1.29, 1.82) is 0 Å². The Hall–Kier alpha value is -0.640. The van der Waals surface area contributed by atoms with E-state index in [0.29, 0.717) is 10.6 Å². The highest BCUT2D eigenvalue weighted by molar-refractivity contribution is 6.30. The Bertz CT molecular complexity index is 492. The van der Waals surface area contributed by atoms with E-state index in [9.17, 15) is 9.50 Å². The fourth-order valence-electron chi connectivity index (χ4n) is 3.10. The van der Waals surface area contributed by atoms with Gasteiger partial charge >= 0.3 is 0 Å². The van der Waals surface area contributed by atoms with Gasteiger partial charge in [0.1, 0.15) is 5.82 Å². The Morgan fingerprint density at radius 1 is 1.29 bits per heavy atom. The zero-order chi connectivity index (χ0) is 15.7. The average Bonchev–Trinajstić information content (AvgIpc) is 2.42. The van der Waals surface area contributed by atoms with Crippen LogP contribution in [0.15, 0.2) is 18.2 Å². The summed E-state index contributed by atoms with van der Waals surface area (Å²) >= 11 is 5.76. The maximum atomic E-state index is 13.9. The van der Waals surface area contributed by atoms with Crippen LogP contribution >= 0.6 is 11.6 Å². The third-order valence-corrected chi connectivity index (χ3v) is 5.13. The third kappa shape index (κ3) is 3.77. The van der Waals surface area contributed by atoms with Crippen LogP contribution in [-0.4, -0.2) is 23.9 Å². The van der Waals surface area contributed by atoms with Crippen LogP contribution in [0.4, 0.5) is 4.39 Å². The van der Waals surface area contributed by atoms with Crippen LogP contribution in [0.5, 0.6) is 0 Å². The van der Waals surface area contributed by atoms with E-state index in [1.165, 1.54) is 6.07 Å². The van der Waals surface area contributed by atoms with E-state index >= 15 is 0 Å². The van der Waals surface area contributed by atoms with Crippen molar-refractivity contribution in [2.45, 2.75) is 57.7 Å². The van der Waals surface area contributed by atoms with Crippen molar-refractivity contribution < 1.29 is 14.2 Å². The first kappa shape index (κ1) is 16.7. The Labute approximate surface area is 131 Å². The summed E-state index contributed by atoms with van der Waals surface area (Å²) in [4.78, 5) is 0. The molecular formula is C17H24ClFO2. The molecule has 1 N–H and O–H groups in total. The lowest BCUT2D eigenvalue weighted by atomic mass is 9.68. The predicted octanol–water partition coefficient (Wildman–Crippen LogP) is 4.37. The fourth-order valence-corrected chi connectivity index (χ4v) is 3.26. The number of rotatable bonds is 4. The minimum atomic E-state index is -0.714. The van der Waals surface area contributed by atoms with Gasteiger partial charge in [-0.1, -0.05) is 31.5 Å². The number of hydrogen-bond donors (Lipinski definition) is 1. The van der Waals surface area contributed by atoms with Gasteiger partial charge in [-0.15, -0.1) is 0 Å². The van der Waals surface area contributed by atoms with Crippen molar-refractivity contribution in [2.24, 2.45) is 5.41 Å². The molecule has 0 aliphatic heterocycles. The first-order valence-corrected chi connectivity index (χ1v) is 7.83. The van der Waals surface area contributed by atoms with Gasteiger partial charge in [-0.25, -0.2) is 4.39 Å². The van der Waals surface area contributed by atoms with E-state index in [1.54, 1.807) is 19.2 Å². The van der Waals surface area contributed by atoms with Gasteiger partial charge in [-0.3, -0.25) is 0 Å². The fraction of sp³-hybridized carbons (Fsp3) is 0.647. The second kappa shape index (κ2) is 6.23. The molecule has 2 nitrogen and oxygen atoms in total. The van der Waals surface area contributed by atoms with Crippen LogP contribution < -0.4 is 0 Å². The smallest absolute Gasteiger partial charge is 0.127 e. The second-order valence-electron chi connectivity index (χ2n) is 6.89. The summed E-state index contributed by atoms with van der Waals surface area (Å²) in [5.74, 6) is -0.371. The van der Waals surface area contributed by atoms with Crippen LogP contribution in [0.25, 0.3) is 0 Å². The molecule has 1 aliphatic carbocycles. The van der Waals surface area contributed by atoms with Crippen LogP contribution in [-0.2, 0) is 11.2 Å². The Balaban J connectivity index is 2.12. The standard InChI is InChI=1S/C17H24ClFO2/c1-16(2)6-8-17(21-3,9-7-16)15(20)10-12-4-5-13(18)11-14(12)19/h4-5,11,15,20H,6-10H2,1-3H3. The van der Waals surface area contributed by atoms with Crippen molar-refractivity contribution in [1.82, 2.24) is 0 Å². The molecule has 0 radical (unpaired) electrons. The predicted molar refractivity (Wildman–Crippen MR) is 83.1 cm³/mol. The van der Waals surface area contributed by atoms with E-state index in [2.05, 4.69) is 13.8 Å². The van der Waals surface area contributed by atoms with Gasteiger partial charge in [-0.2, -0.15) is 0 Å². The molecule has 1 unspecified atom stereocenters. The van der Waals surface area contributed by atoms with Gasteiger partial charge in [0.15, 0.2) is 0 Å². The van der Waals surface area contributed by atoms with E-state index < -0.39 is 11.7 Å². The van der Waals surface area contributed by atoms with E-state index in [1.807, 2.05) is 0 Å². The monoisotopic (exact) mass is 314 g/mol. The molecule has 0 bridgehead atoms. The molecule has 1 atom stereocenters. The van der Waals surface area contributed by atoms with Crippen molar-refractivity contribution in [3.05, 3.63) is 34.6 Å². The summed E-state index contributed by atoms with van der Waals surface area (Å²) in [5, 5.41) is 11.0. The molecule has 21 heavy (non-hydrogen) atoms. The number of ether oxygens (including phenoxy) is 1. The molecule has 0 saturated heterocycles. The van der Waals surface area contributed by atoms with Crippen LogP contribution in [0, 0.1) is 11.2 Å². The minimum absolute atomic E-state index is 0.247. The van der Waals surface area contributed by atoms with E-state index in [4.69, 9.17) is 16.3 Å². The quantitative estimate of drug-likeness (QED) is 0.894. The normalized spacial score (nSPS) is 22.0. The molecule has 118 valence electrons. The van der Waals surface area contributed by atoms with Gasteiger partial charge in [-0.05, 0) is 48.8 Å². The molecule has 1 saturated carbocycles. The largest absolute Gasteiger partial charge is 0.390 e. The van der Waals surface area contributed by atoms with Crippen molar-refractivity contribution in [3.8, 4) is 0 Å². The molecule has 2 rings (SSSR count). The first-order valence-electron chi connectivity index (χ1n) is 7.45. The summed E-state index contributed by atoms with van der Waals surface area (Å²) in [6.07, 6.45) is 3.13. The summed E-state index contributed by atoms with van der Waals surface area (Å²) in [5.41, 5.74) is 0.197. The van der Waals surface area contributed by atoms with Crippen LogP contribution in [0.3, 0.4) is 0 Å². The number of aliphatic hydroxyl groups excluding tert-OH is 1. The summed E-state index contributed by atoms with van der Waals surface area (Å²) < 4.78 is 19.6. The number of methoxy groups -OCH3 is 1. The molecular weight excluding hydrogens is 291 g/mol. The highest BCUT2D eigenvalue weighted by Gasteiger charge is 2.43. The highest BCUT2D eigenvalue weighted by Crippen LogP contribution is 2.44. The second-order valence-corrected chi connectivity index (χ2v) is 7.33. The van der Waals surface area contributed by atoms with E-state index in [0.717, 1.165) is 25.7 Å². The third-order valence-electron chi connectivity index (χ3n) is 4.89. The van der Waals surface area contributed by atoms with Crippen molar-refractivity contribution in [3.63, 3.8) is 0 Å². The number of benzene rings is 1. The van der Waals surface area contributed by atoms with Crippen LogP contribution in [0.1, 0.15) is 45.1 Å². The Kier molecular flexibility index (Phi) is 4.96. The molecule has 1 aromatic carbocycles. The highest BCUT2D eigenvalue weighted by atomic mass is 35.5. The first-order chi connectivity index (χ1) is 9.78. The number of aliphatic hydroxyl groups is 1. The van der Waals surface area contributed by atoms with Crippen molar-refractivity contribution >= 4 is 11.6 Å². The minimum Gasteiger partial charge on any atom is -0.390 e. The van der Waals surface area contributed by atoms with Crippen LogP contribution in [0.2, 0.25) is 5.02 Å². The summed E-state index contributed by atoms with van der Waals surface area (Å²) in [6, 6.07) is 4.57. The summed E-state index contributed by atoms with van der Waals surface area (Å²) in [7, 11) is 1.64. The molecule has 0 heterocycles. The molecule has 1 aromatic rings. The van der Waals surface area contributed by atoms with E-state index in [-0.39, 0.29) is 17.7 Å². The average molecular weight is 315 g/mol. The maximum Gasteiger partial charge on any atom is 0.127 e. The SMILES string of the molecule is COC1(C(O)Cc2ccc(Cl)cc2F)CCC(C)(C)CC1. The lowest BCUT2D eigenvalue weighted by Gasteiger charge is -2.45. The molecule has 1 fully saturated rings. The molecule has 0 spiro atoms. The van der Waals surface area contributed by atoms with Crippen molar-refractivity contribution in [2.75, 3.05) is 7.11 Å². The molecule has 0 amide bonds. The lowest BCUT2D eigenvalue weighted by molar-refractivity contribution is -0.135. The summed E-state index contributed by atoms with van der Waals surface area (Å²) in [6.45, 7) is 4.47. The topological polar surface area (TPSA) is 29.5 Å². The lowest BCUT2D eigenvalue weighted by Crippen LogP contribution is -2.49. The Morgan fingerprint density at radius 2 is 1.90 bits per heavy atom. The maximum absolute atomic E-state index is 13.9. The zero-order valence-corrected chi connectivity index (χ0v) is 13.7. The molecule has 1 aliphatic rings. The Morgan fingerprint density at radius 3 is 2.43 bits per heavy atom. The van der Waals surface area contributed by atoms with Gasteiger partial charge < -0.3 is 9.84 Å². The number of halogens is 2.